The summed E-state index contributed by atoms with van der Waals surface area (Å²) in [6.07, 6.45) is 3.06. The smallest absolute Gasteiger partial charge is 0.323 e. The fourth-order valence-electron chi connectivity index (χ4n) is 1.96. The van der Waals surface area contributed by atoms with Crippen molar-refractivity contribution in [3.8, 4) is 0 Å². The molecule has 16 heavy (non-hydrogen) atoms. The van der Waals surface area contributed by atoms with Gasteiger partial charge in [0.25, 0.3) is 0 Å². The molecule has 0 aliphatic carbocycles. The molecule has 1 aliphatic heterocycles. The summed E-state index contributed by atoms with van der Waals surface area (Å²) in [7, 11) is 4.14. The van der Waals surface area contributed by atoms with E-state index < -0.39 is 0 Å². The Balaban J connectivity index is 2.26. The van der Waals surface area contributed by atoms with Crippen LogP contribution in [0.4, 0.5) is 0 Å². The maximum Gasteiger partial charge on any atom is 0.323 e. The maximum atomic E-state index is 11.6. The second-order valence-electron chi connectivity index (χ2n) is 5.07. The molecule has 94 valence electrons. The first-order valence-electron chi connectivity index (χ1n) is 6.10. The molecule has 0 spiro atoms. The number of carbonyl (C=O) groups excluding carboxylic acids is 1. The normalized spacial score (nSPS) is 25.4. The molecule has 0 radical (unpaired) electrons. The number of ether oxygens (including phenoxy) is 1. The number of rotatable bonds is 5. The molecule has 0 amide bonds. The van der Waals surface area contributed by atoms with E-state index in [2.05, 4.69) is 24.3 Å². The van der Waals surface area contributed by atoms with Crippen molar-refractivity contribution in [1.82, 2.24) is 10.2 Å². The Hall–Kier alpha value is -0.610. The van der Waals surface area contributed by atoms with Crippen LogP contribution in [0.3, 0.4) is 0 Å². The molecule has 0 bridgehead atoms. The van der Waals surface area contributed by atoms with Gasteiger partial charge in [0.1, 0.15) is 6.04 Å². The van der Waals surface area contributed by atoms with Crippen molar-refractivity contribution in [1.29, 1.82) is 0 Å². The lowest BCUT2D eigenvalue weighted by atomic mass is 10.1. The van der Waals surface area contributed by atoms with Gasteiger partial charge < -0.3 is 15.0 Å². The van der Waals surface area contributed by atoms with Crippen molar-refractivity contribution in [3.05, 3.63) is 0 Å². The number of nitrogens with zero attached hydrogens (tertiary/aromatic N) is 1. The minimum absolute atomic E-state index is 0.0184. The van der Waals surface area contributed by atoms with Gasteiger partial charge in [0.05, 0.1) is 6.10 Å². The first-order chi connectivity index (χ1) is 7.49. The molecule has 2 atom stereocenters. The van der Waals surface area contributed by atoms with Crippen LogP contribution in [-0.4, -0.2) is 49.7 Å². The Morgan fingerprint density at radius 2 is 2.12 bits per heavy atom. The summed E-state index contributed by atoms with van der Waals surface area (Å²) in [5.74, 6) is -0.0950. The van der Waals surface area contributed by atoms with Gasteiger partial charge in [0, 0.05) is 6.04 Å². The van der Waals surface area contributed by atoms with Crippen LogP contribution in [-0.2, 0) is 9.53 Å². The molecule has 1 aliphatic rings. The molecule has 0 aromatic rings. The SMILES string of the molecule is CC(C)OC(=O)C1CCC(CCN(C)C)N1. The number of nitrogens with one attached hydrogen (secondary N) is 1. The highest BCUT2D eigenvalue weighted by Gasteiger charge is 2.30. The maximum absolute atomic E-state index is 11.6. The fourth-order valence-corrected chi connectivity index (χ4v) is 1.96. The molecule has 1 N–H and O–H groups in total. The molecule has 4 heteroatoms. The van der Waals surface area contributed by atoms with Crippen LogP contribution >= 0.6 is 0 Å². The molecule has 1 fully saturated rings. The van der Waals surface area contributed by atoms with Crippen LogP contribution in [0, 0.1) is 0 Å². The zero-order valence-corrected chi connectivity index (χ0v) is 10.8. The zero-order chi connectivity index (χ0) is 12.1. The lowest BCUT2D eigenvalue weighted by Crippen LogP contribution is -2.38. The van der Waals surface area contributed by atoms with Gasteiger partial charge in [-0.05, 0) is 53.8 Å². The molecule has 1 rings (SSSR count). The summed E-state index contributed by atoms with van der Waals surface area (Å²) in [4.78, 5) is 13.8. The molecular formula is C12H24N2O2. The summed E-state index contributed by atoms with van der Waals surface area (Å²) < 4.78 is 5.20. The Bertz CT molecular complexity index is 229. The standard InChI is InChI=1S/C12H24N2O2/c1-9(2)16-12(15)11-6-5-10(13-11)7-8-14(3)4/h9-11,13H,5-8H2,1-4H3. The molecule has 1 heterocycles. The second-order valence-corrected chi connectivity index (χ2v) is 5.07. The average Bonchev–Trinajstić information content (AvgIpc) is 2.61. The van der Waals surface area contributed by atoms with E-state index in [0.717, 1.165) is 25.8 Å². The van der Waals surface area contributed by atoms with Crippen LogP contribution in [0.2, 0.25) is 0 Å². The molecule has 0 aromatic heterocycles. The first-order valence-corrected chi connectivity index (χ1v) is 6.10. The third kappa shape index (κ3) is 4.49. The highest BCUT2D eigenvalue weighted by molar-refractivity contribution is 5.76. The van der Waals surface area contributed by atoms with Crippen LogP contribution in [0.25, 0.3) is 0 Å². The van der Waals surface area contributed by atoms with Crippen LogP contribution in [0.5, 0.6) is 0 Å². The van der Waals surface area contributed by atoms with Gasteiger partial charge in [-0.1, -0.05) is 0 Å². The zero-order valence-electron chi connectivity index (χ0n) is 10.8. The number of esters is 1. The summed E-state index contributed by atoms with van der Waals surface area (Å²) in [6, 6.07) is 0.377. The average molecular weight is 228 g/mol. The largest absolute Gasteiger partial charge is 0.462 e. The highest BCUT2D eigenvalue weighted by Crippen LogP contribution is 2.16. The minimum Gasteiger partial charge on any atom is -0.462 e. The minimum atomic E-state index is -0.0950. The van der Waals surface area contributed by atoms with Gasteiger partial charge in [0.2, 0.25) is 0 Å². The fraction of sp³-hybridized carbons (Fsp3) is 0.917. The Morgan fingerprint density at radius 1 is 1.44 bits per heavy atom. The Labute approximate surface area is 98.3 Å². The highest BCUT2D eigenvalue weighted by atomic mass is 16.5. The first kappa shape index (κ1) is 13.5. The van der Waals surface area contributed by atoms with Crippen LogP contribution in [0.15, 0.2) is 0 Å². The van der Waals surface area contributed by atoms with Gasteiger partial charge in [-0.15, -0.1) is 0 Å². The van der Waals surface area contributed by atoms with Crippen molar-refractivity contribution >= 4 is 5.97 Å². The molecule has 0 saturated carbocycles. The monoisotopic (exact) mass is 228 g/mol. The van der Waals surface area contributed by atoms with E-state index in [0.29, 0.717) is 6.04 Å². The Kier molecular flexibility index (Phi) is 5.22. The van der Waals surface area contributed by atoms with Crippen molar-refractivity contribution in [2.75, 3.05) is 20.6 Å². The van der Waals surface area contributed by atoms with E-state index in [1.54, 1.807) is 0 Å². The molecule has 0 aromatic carbocycles. The van der Waals surface area contributed by atoms with Crippen LogP contribution in [0.1, 0.15) is 33.1 Å². The molecule has 4 nitrogen and oxygen atoms in total. The molecule has 1 saturated heterocycles. The van der Waals surface area contributed by atoms with Crippen molar-refractivity contribution in [2.24, 2.45) is 0 Å². The van der Waals surface area contributed by atoms with Gasteiger partial charge in [-0.3, -0.25) is 4.79 Å². The van der Waals surface area contributed by atoms with E-state index in [-0.39, 0.29) is 18.1 Å². The van der Waals surface area contributed by atoms with Gasteiger partial charge >= 0.3 is 5.97 Å². The lowest BCUT2D eigenvalue weighted by Gasteiger charge is -2.17. The van der Waals surface area contributed by atoms with Crippen LogP contribution < -0.4 is 5.32 Å². The predicted octanol–water partition coefficient (Wildman–Crippen LogP) is 1.01. The summed E-state index contributed by atoms with van der Waals surface area (Å²) in [5.41, 5.74) is 0. The quantitative estimate of drug-likeness (QED) is 0.713. The van der Waals surface area contributed by atoms with E-state index in [4.69, 9.17) is 4.74 Å². The van der Waals surface area contributed by atoms with E-state index in [1.807, 2.05) is 13.8 Å². The molecule has 2 unspecified atom stereocenters. The van der Waals surface area contributed by atoms with Gasteiger partial charge in [-0.2, -0.15) is 0 Å². The topological polar surface area (TPSA) is 41.6 Å². The van der Waals surface area contributed by atoms with Gasteiger partial charge in [0.15, 0.2) is 0 Å². The predicted molar refractivity (Wildman–Crippen MR) is 64.3 cm³/mol. The van der Waals surface area contributed by atoms with E-state index in [1.165, 1.54) is 0 Å². The van der Waals surface area contributed by atoms with Crippen molar-refractivity contribution in [2.45, 2.75) is 51.3 Å². The molecular weight excluding hydrogens is 204 g/mol. The third-order valence-electron chi connectivity index (χ3n) is 2.80. The van der Waals surface area contributed by atoms with Crippen molar-refractivity contribution in [3.63, 3.8) is 0 Å². The number of carbonyl (C=O) groups is 1. The Morgan fingerprint density at radius 3 is 2.69 bits per heavy atom. The number of hydrogen-bond acceptors (Lipinski definition) is 4. The number of hydrogen-bond donors (Lipinski definition) is 1. The van der Waals surface area contributed by atoms with Crippen molar-refractivity contribution < 1.29 is 9.53 Å². The summed E-state index contributed by atoms with van der Waals surface area (Å²) in [6.45, 7) is 4.83. The van der Waals surface area contributed by atoms with E-state index >= 15 is 0 Å². The lowest BCUT2D eigenvalue weighted by molar-refractivity contribution is -0.149. The second kappa shape index (κ2) is 6.21. The summed E-state index contributed by atoms with van der Waals surface area (Å²) in [5, 5.41) is 3.35. The summed E-state index contributed by atoms with van der Waals surface area (Å²) >= 11 is 0. The van der Waals surface area contributed by atoms with Gasteiger partial charge in [-0.25, -0.2) is 0 Å². The third-order valence-corrected chi connectivity index (χ3v) is 2.80. The van der Waals surface area contributed by atoms with E-state index in [9.17, 15) is 4.79 Å².